The van der Waals surface area contributed by atoms with Crippen molar-refractivity contribution in [3.63, 3.8) is 0 Å². The molecule has 0 heterocycles. The Morgan fingerprint density at radius 3 is 2.45 bits per heavy atom. The second-order valence-corrected chi connectivity index (χ2v) is 4.09. The average Bonchev–Trinajstić information content (AvgIpc) is 2.47. The molecule has 0 fully saturated rings. The number of rotatable bonds is 3. The predicted octanol–water partition coefficient (Wildman–Crippen LogP) is 3.42. The molecule has 0 saturated heterocycles. The van der Waals surface area contributed by atoms with Gasteiger partial charge in [0.15, 0.2) is 5.78 Å². The highest BCUT2D eigenvalue weighted by molar-refractivity contribution is 5.97. The van der Waals surface area contributed by atoms with E-state index in [1.165, 1.54) is 13.0 Å². The fraction of sp³-hybridized carbons (Fsp3) is 0.0625. The van der Waals surface area contributed by atoms with Crippen molar-refractivity contribution < 1.29 is 9.53 Å². The molecule has 0 aliphatic heterocycles. The van der Waals surface area contributed by atoms with Gasteiger partial charge in [0.05, 0.1) is 22.8 Å². The fourth-order valence-corrected chi connectivity index (χ4v) is 1.73. The third kappa shape index (κ3) is 2.66. The van der Waals surface area contributed by atoms with Crippen LogP contribution in [0.15, 0.2) is 42.5 Å². The molecule has 0 aliphatic carbocycles. The van der Waals surface area contributed by atoms with Crippen molar-refractivity contribution in [1.29, 1.82) is 10.5 Å². The first kappa shape index (κ1) is 13.3. The molecule has 96 valence electrons. The Labute approximate surface area is 116 Å². The second-order valence-electron chi connectivity index (χ2n) is 4.09. The number of nitriles is 2. The number of hydrogen-bond acceptors (Lipinski definition) is 4. The van der Waals surface area contributed by atoms with Crippen molar-refractivity contribution in [2.75, 3.05) is 0 Å². The van der Waals surface area contributed by atoms with Gasteiger partial charge in [0.25, 0.3) is 0 Å². The fourth-order valence-electron chi connectivity index (χ4n) is 1.73. The van der Waals surface area contributed by atoms with Crippen LogP contribution in [-0.2, 0) is 0 Å². The van der Waals surface area contributed by atoms with E-state index >= 15 is 0 Å². The van der Waals surface area contributed by atoms with Crippen molar-refractivity contribution in [3.8, 4) is 23.6 Å². The van der Waals surface area contributed by atoms with E-state index in [1.54, 1.807) is 36.4 Å². The summed E-state index contributed by atoms with van der Waals surface area (Å²) < 4.78 is 5.64. The molecule has 2 rings (SSSR count). The first-order valence-corrected chi connectivity index (χ1v) is 5.87. The maximum atomic E-state index is 11.6. The number of para-hydroxylation sites is 1. The Morgan fingerprint density at radius 2 is 1.80 bits per heavy atom. The highest BCUT2D eigenvalue weighted by Gasteiger charge is 2.12. The van der Waals surface area contributed by atoms with Crippen LogP contribution in [0.4, 0.5) is 0 Å². The molecule has 0 unspecified atom stereocenters. The van der Waals surface area contributed by atoms with Crippen molar-refractivity contribution in [3.05, 3.63) is 59.2 Å². The van der Waals surface area contributed by atoms with Crippen LogP contribution in [0, 0.1) is 22.7 Å². The Morgan fingerprint density at radius 1 is 1.05 bits per heavy atom. The van der Waals surface area contributed by atoms with Crippen molar-refractivity contribution in [1.82, 2.24) is 0 Å². The predicted molar refractivity (Wildman–Crippen MR) is 72.4 cm³/mol. The molecular formula is C16H10N2O2. The second kappa shape index (κ2) is 5.69. The lowest BCUT2D eigenvalue weighted by Crippen LogP contribution is -1.98. The first-order chi connectivity index (χ1) is 9.65. The number of benzene rings is 2. The number of nitrogens with zero attached hydrogens (tertiary/aromatic N) is 2. The van der Waals surface area contributed by atoms with E-state index in [2.05, 4.69) is 0 Å². The minimum absolute atomic E-state index is 0.168. The van der Waals surface area contributed by atoms with E-state index in [0.717, 1.165) is 0 Å². The van der Waals surface area contributed by atoms with Crippen LogP contribution in [0.1, 0.15) is 28.4 Å². The van der Waals surface area contributed by atoms with Gasteiger partial charge in [-0.1, -0.05) is 12.1 Å². The summed E-state index contributed by atoms with van der Waals surface area (Å²) in [6, 6.07) is 15.3. The van der Waals surface area contributed by atoms with Crippen molar-refractivity contribution in [2.24, 2.45) is 0 Å². The summed E-state index contributed by atoms with van der Waals surface area (Å²) in [4.78, 5) is 11.6. The summed E-state index contributed by atoms with van der Waals surface area (Å²) in [6.07, 6.45) is 0. The zero-order chi connectivity index (χ0) is 14.5. The number of carbonyl (C=O) groups excluding carboxylic acids is 1. The lowest BCUT2D eigenvalue weighted by atomic mass is 10.1. The minimum atomic E-state index is -0.168. The van der Waals surface area contributed by atoms with Crippen LogP contribution >= 0.6 is 0 Å². The van der Waals surface area contributed by atoms with Gasteiger partial charge in [-0.15, -0.1) is 0 Å². The van der Waals surface area contributed by atoms with Gasteiger partial charge in [0.1, 0.15) is 17.6 Å². The quantitative estimate of drug-likeness (QED) is 0.794. The third-order valence-corrected chi connectivity index (χ3v) is 2.72. The molecule has 0 saturated carbocycles. The van der Waals surface area contributed by atoms with Gasteiger partial charge < -0.3 is 4.74 Å². The Hall–Kier alpha value is -3.11. The minimum Gasteiger partial charge on any atom is -0.455 e. The Balaban J connectivity index is 2.50. The molecule has 0 bridgehead atoms. The molecular weight excluding hydrogens is 252 g/mol. The van der Waals surface area contributed by atoms with Crippen LogP contribution in [0.25, 0.3) is 0 Å². The molecule has 0 amide bonds. The van der Waals surface area contributed by atoms with Gasteiger partial charge >= 0.3 is 0 Å². The van der Waals surface area contributed by atoms with E-state index in [4.69, 9.17) is 15.3 Å². The van der Waals surface area contributed by atoms with Gasteiger partial charge in [-0.3, -0.25) is 4.79 Å². The summed E-state index contributed by atoms with van der Waals surface area (Å²) in [5.74, 6) is 0.464. The van der Waals surface area contributed by atoms with Crippen molar-refractivity contribution in [2.45, 2.75) is 6.92 Å². The normalized spacial score (nSPS) is 9.35. The topological polar surface area (TPSA) is 73.9 Å². The largest absolute Gasteiger partial charge is 0.455 e. The summed E-state index contributed by atoms with van der Waals surface area (Å²) in [5, 5.41) is 17.9. The number of Topliss-reactive ketones (excluding diaryl/α,β-unsaturated/α-hetero) is 1. The van der Waals surface area contributed by atoms with Crippen molar-refractivity contribution >= 4 is 5.78 Å². The Bertz CT molecular complexity index is 752. The smallest absolute Gasteiger partial charge is 0.163 e. The van der Waals surface area contributed by atoms with Gasteiger partial charge in [-0.05, 0) is 37.3 Å². The standard InChI is InChI=1S/C16H10N2O2/c1-11(19)14-7-6-12(9-17)8-16(14)20-15-5-3-2-4-13(15)10-18/h2-8H,1H3. The molecule has 20 heavy (non-hydrogen) atoms. The Kier molecular flexibility index (Phi) is 3.79. The summed E-state index contributed by atoms with van der Waals surface area (Å²) in [5.41, 5.74) is 1.13. The maximum absolute atomic E-state index is 11.6. The van der Waals surface area contributed by atoms with Gasteiger partial charge in [-0.25, -0.2) is 0 Å². The zero-order valence-corrected chi connectivity index (χ0v) is 10.8. The van der Waals surface area contributed by atoms with E-state index < -0.39 is 0 Å². The first-order valence-electron chi connectivity index (χ1n) is 5.87. The summed E-state index contributed by atoms with van der Waals surface area (Å²) in [7, 11) is 0. The van der Waals surface area contributed by atoms with Crippen LogP contribution in [0.2, 0.25) is 0 Å². The molecule has 2 aromatic carbocycles. The lowest BCUT2D eigenvalue weighted by molar-refractivity contribution is 0.101. The molecule has 4 nitrogen and oxygen atoms in total. The maximum Gasteiger partial charge on any atom is 0.163 e. The lowest BCUT2D eigenvalue weighted by Gasteiger charge is -2.10. The zero-order valence-electron chi connectivity index (χ0n) is 10.8. The van der Waals surface area contributed by atoms with Crippen LogP contribution in [0.3, 0.4) is 0 Å². The molecule has 0 spiro atoms. The molecule has 0 N–H and O–H groups in total. The molecule has 2 aromatic rings. The monoisotopic (exact) mass is 262 g/mol. The number of hydrogen-bond donors (Lipinski definition) is 0. The van der Waals surface area contributed by atoms with E-state index in [9.17, 15) is 4.79 Å². The number of ether oxygens (including phenoxy) is 1. The van der Waals surface area contributed by atoms with E-state index in [0.29, 0.717) is 22.4 Å². The third-order valence-electron chi connectivity index (χ3n) is 2.72. The molecule has 4 heteroatoms. The molecule has 0 aliphatic rings. The molecule has 0 atom stereocenters. The van der Waals surface area contributed by atoms with Crippen LogP contribution in [-0.4, -0.2) is 5.78 Å². The molecule has 0 radical (unpaired) electrons. The van der Waals surface area contributed by atoms with E-state index in [-0.39, 0.29) is 11.5 Å². The van der Waals surface area contributed by atoms with Gasteiger partial charge in [0.2, 0.25) is 0 Å². The highest BCUT2D eigenvalue weighted by Crippen LogP contribution is 2.29. The summed E-state index contributed by atoms with van der Waals surface area (Å²) in [6.45, 7) is 1.42. The summed E-state index contributed by atoms with van der Waals surface area (Å²) >= 11 is 0. The average molecular weight is 262 g/mol. The number of ketones is 1. The van der Waals surface area contributed by atoms with Crippen LogP contribution in [0.5, 0.6) is 11.5 Å². The van der Waals surface area contributed by atoms with Crippen LogP contribution < -0.4 is 4.74 Å². The van der Waals surface area contributed by atoms with E-state index in [1.807, 2.05) is 12.1 Å². The van der Waals surface area contributed by atoms with Gasteiger partial charge in [0, 0.05) is 0 Å². The van der Waals surface area contributed by atoms with Gasteiger partial charge in [-0.2, -0.15) is 10.5 Å². The SMILES string of the molecule is CC(=O)c1ccc(C#N)cc1Oc1ccccc1C#N. The number of carbonyl (C=O) groups is 1. The molecule has 0 aromatic heterocycles. The highest BCUT2D eigenvalue weighted by atomic mass is 16.5.